The quantitative estimate of drug-likeness (QED) is 0.727. The first-order valence-corrected chi connectivity index (χ1v) is 8.90. The van der Waals surface area contributed by atoms with E-state index in [1.165, 1.54) is 12.1 Å². The molecule has 0 atom stereocenters. The highest BCUT2D eigenvalue weighted by molar-refractivity contribution is 7.91. The van der Waals surface area contributed by atoms with Gasteiger partial charge in [-0.2, -0.15) is 8.78 Å². The van der Waals surface area contributed by atoms with Crippen LogP contribution in [0.4, 0.5) is 19.3 Å². The number of amides is 1. The normalized spacial score (nSPS) is 12.1. The lowest BCUT2D eigenvalue weighted by Gasteiger charge is -2.19. The molecule has 24 heavy (non-hydrogen) atoms. The molecule has 0 radical (unpaired) electrons. The van der Waals surface area contributed by atoms with E-state index in [-0.39, 0.29) is 0 Å². The lowest BCUT2D eigenvalue weighted by Crippen LogP contribution is -2.33. The summed E-state index contributed by atoms with van der Waals surface area (Å²) in [5.74, 6) is -3.43. The SMILES string of the molecule is CC(C)(C)OC(=O)NCCCNc1ccc(S(=O)(=O)C(F)F)cc1. The van der Waals surface area contributed by atoms with Crippen molar-refractivity contribution in [3.8, 4) is 0 Å². The number of rotatable bonds is 7. The lowest BCUT2D eigenvalue weighted by atomic mass is 10.2. The second-order valence-corrected chi connectivity index (χ2v) is 7.96. The highest BCUT2D eigenvalue weighted by Crippen LogP contribution is 2.20. The fourth-order valence-corrected chi connectivity index (χ4v) is 2.41. The zero-order valence-electron chi connectivity index (χ0n) is 13.8. The minimum atomic E-state index is -4.57. The molecule has 0 saturated carbocycles. The Hall–Kier alpha value is -1.90. The number of sulfone groups is 1. The molecule has 0 aromatic heterocycles. The Balaban J connectivity index is 2.36. The van der Waals surface area contributed by atoms with E-state index in [9.17, 15) is 22.0 Å². The summed E-state index contributed by atoms with van der Waals surface area (Å²) < 4.78 is 52.5. The number of halogens is 2. The average Bonchev–Trinajstić information content (AvgIpc) is 2.45. The third kappa shape index (κ3) is 6.69. The van der Waals surface area contributed by atoms with Crippen LogP contribution < -0.4 is 10.6 Å². The van der Waals surface area contributed by atoms with Crippen molar-refractivity contribution in [2.24, 2.45) is 0 Å². The number of ether oxygens (including phenoxy) is 1. The van der Waals surface area contributed by atoms with Crippen LogP contribution in [0, 0.1) is 0 Å². The van der Waals surface area contributed by atoms with Crippen molar-refractivity contribution < 1.29 is 26.7 Å². The number of alkyl halides is 2. The summed E-state index contributed by atoms with van der Waals surface area (Å²) in [6.07, 6.45) is 0.111. The number of carbonyl (C=O) groups is 1. The second-order valence-electron chi connectivity index (χ2n) is 6.04. The Morgan fingerprint density at radius 1 is 1.17 bits per heavy atom. The molecule has 1 aromatic carbocycles. The fraction of sp³-hybridized carbons (Fsp3) is 0.533. The zero-order valence-corrected chi connectivity index (χ0v) is 14.6. The maximum absolute atomic E-state index is 12.4. The summed E-state index contributed by atoms with van der Waals surface area (Å²) in [5, 5.41) is 5.60. The third-order valence-corrected chi connectivity index (χ3v) is 4.17. The van der Waals surface area contributed by atoms with E-state index < -0.39 is 32.2 Å². The van der Waals surface area contributed by atoms with Crippen LogP contribution in [0.5, 0.6) is 0 Å². The van der Waals surface area contributed by atoms with E-state index in [1.54, 1.807) is 20.8 Å². The maximum Gasteiger partial charge on any atom is 0.407 e. The molecule has 0 spiro atoms. The number of hydrogen-bond acceptors (Lipinski definition) is 5. The molecule has 0 saturated heterocycles. The van der Waals surface area contributed by atoms with Crippen LogP contribution in [-0.2, 0) is 14.6 Å². The summed E-state index contributed by atoms with van der Waals surface area (Å²) in [6, 6.07) is 5.08. The lowest BCUT2D eigenvalue weighted by molar-refractivity contribution is 0.0527. The van der Waals surface area contributed by atoms with E-state index in [2.05, 4.69) is 10.6 Å². The Morgan fingerprint density at radius 2 is 1.75 bits per heavy atom. The minimum absolute atomic E-state index is 0.403. The smallest absolute Gasteiger partial charge is 0.407 e. The van der Waals surface area contributed by atoms with Crippen molar-refractivity contribution in [3.63, 3.8) is 0 Å². The van der Waals surface area contributed by atoms with Gasteiger partial charge in [0, 0.05) is 18.8 Å². The van der Waals surface area contributed by atoms with Gasteiger partial charge in [0.2, 0.25) is 9.84 Å². The maximum atomic E-state index is 12.4. The van der Waals surface area contributed by atoms with Crippen molar-refractivity contribution in [3.05, 3.63) is 24.3 Å². The molecule has 1 amide bonds. The minimum Gasteiger partial charge on any atom is -0.444 e. The number of alkyl carbamates (subject to hydrolysis) is 1. The molecule has 0 aliphatic carbocycles. The van der Waals surface area contributed by atoms with Gasteiger partial charge in [0.05, 0.1) is 4.90 Å². The standard InChI is InChI=1S/C15H22F2N2O4S/c1-15(2,3)23-14(20)19-10-4-9-18-11-5-7-12(8-6-11)24(21,22)13(16)17/h5-8,13,18H,4,9-10H2,1-3H3,(H,19,20). The molecule has 6 nitrogen and oxygen atoms in total. The second kappa shape index (κ2) is 8.27. The number of carbonyl (C=O) groups excluding carboxylic acids is 1. The van der Waals surface area contributed by atoms with Crippen molar-refractivity contribution in [2.45, 2.75) is 43.4 Å². The van der Waals surface area contributed by atoms with Crippen LogP contribution >= 0.6 is 0 Å². The molecule has 0 heterocycles. The molecule has 0 aliphatic rings. The molecule has 1 rings (SSSR count). The third-order valence-electron chi connectivity index (χ3n) is 2.77. The van der Waals surface area contributed by atoms with Gasteiger partial charge < -0.3 is 15.4 Å². The van der Waals surface area contributed by atoms with E-state index in [0.29, 0.717) is 25.2 Å². The topological polar surface area (TPSA) is 84.5 Å². The predicted octanol–water partition coefficient (Wildman–Crippen LogP) is 3.01. The predicted molar refractivity (Wildman–Crippen MR) is 87.0 cm³/mol. The molecule has 9 heteroatoms. The summed E-state index contributed by atoms with van der Waals surface area (Å²) in [6.45, 7) is 6.22. The van der Waals surface area contributed by atoms with E-state index in [1.807, 2.05) is 0 Å². The van der Waals surface area contributed by atoms with Crippen LogP contribution in [0.3, 0.4) is 0 Å². The molecule has 0 bridgehead atoms. The van der Waals surface area contributed by atoms with Gasteiger partial charge in [-0.05, 0) is 51.5 Å². The van der Waals surface area contributed by atoms with Gasteiger partial charge in [-0.15, -0.1) is 0 Å². The van der Waals surface area contributed by atoms with Crippen LogP contribution in [0.25, 0.3) is 0 Å². The van der Waals surface area contributed by atoms with Gasteiger partial charge in [-0.3, -0.25) is 0 Å². The van der Waals surface area contributed by atoms with Gasteiger partial charge in [0.15, 0.2) is 0 Å². The molecule has 0 unspecified atom stereocenters. The molecule has 0 fully saturated rings. The first-order valence-electron chi connectivity index (χ1n) is 7.35. The first-order chi connectivity index (χ1) is 11.0. The molecule has 2 N–H and O–H groups in total. The summed E-state index contributed by atoms with van der Waals surface area (Å²) in [4.78, 5) is 11.0. The van der Waals surface area contributed by atoms with Crippen LogP contribution in [0.15, 0.2) is 29.2 Å². The van der Waals surface area contributed by atoms with Crippen LogP contribution in [0.1, 0.15) is 27.2 Å². The Bertz CT molecular complexity index is 640. The molecule has 136 valence electrons. The number of benzene rings is 1. The molecule has 0 aliphatic heterocycles. The van der Waals surface area contributed by atoms with E-state index >= 15 is 0 Å². The summed E-state index contributed by atoms with van der Waals surface area (Å²) >= 11 is 0. The summed E-state index contributed by atoms with van der Waals surface area (Å²) in [5.41, 5.74) is 0.0447. The fourth-order valence-electron chi connectivity index (χ4n) is 1.69. The highest BCUT2D eigenvalue weighted by atomic mass is 32.2. The van der Waals surface area contributed by atoms with Crippen molar-refractivity contribution in [1.82, 2.24) is 5.32 Å². The summed E-state index contributed by atoms with van der Waals surface area (Å²) in [7, 11) is -4.57. The van der Waals surface area contributed by atoms with Gasteiger partial charge in [-0.1, -0.05) is 0 Å². The largest absolute Gasteiger partial charge is 0.444 e. The van der Waals surface area contributed by atoms with Gasteiger partial charge >= 0.3 is 11.9 Å². The highest BCUT2D eigenvalue weighted by Gasteiger charge is 2.26. The number of nitrogens with one attached hydrogen (secondary N) is 2. The Kier molecular flexibility index (Phi) is 6.94. The Labute approximate surface area is 140 Å². The van der Waals surface area contributed by atoms with Crippen molar-refractivity contribution in [2.75, 3.05) is 18.4 Å². The number of anilines is 1. The van der Waals surface area contributed by atoms with Crippen molar-refractivity contribution in [1.29, 1.82) is 0 Å². The number of hydrogen-bond donors (Lipinski definition) is 2. The molecular formula is C15H22F2N2O4S. The Morgan fingerprint density at radius 3 is 2.25 bits per heavy atom. The molecular weight excluding hydrogens is 342 g/mol. The van der Waals surface area contributed by atoms with Crippen LogP contribution in [0.2, 0.25) is 0 Å². The molecule has 1 aromatic rings. The monoisotopic (exact) mass is 364 g/mol. The van der Waals surface area contributed by atoms with Crippen molar-refractivity contribution >= 4 is 21.6 Å². The van der Waals surface area contributed by atoms with Gasteiger partial charge in [0.25, 0.3) is 0 Å². The van der Waals surface area contributed by atoms with E-state index in [4.69, 9.17) is 4.74 Å². The average molecular weight is 364 g/mol. The van der Waals surface area contributed by atoms with Gasteiger partial charge in [0.1, 0.15) is 5.60 Å². The van der Waals surface area contributed by atoms with Gasteiger partial charge in [-0.25, -0.2) is 13.2 Å². The van der Waals surface area contributed by atoms with E-state index in [0.717, 1.165) is 12.1 Å². The zero-order chi connectivity index (χ0) is 18.4. The van der Waals surface area contributed by atoms with Crippen LogP contribution in [-0.4, -0.2) is 39.0 Å². The first kappa shape index (κ1) is 20.1.